The van der Waals surface area contributed by atoms with Crippen LogP contribution < -0.4 is 11.1 Å². The van der Waals surface area contributed by atoms with Crippen molar-refractivity contribution in [2.45, 2.75) is 43.8 Å². The fourth-order valence-electron chi connectivity index (χ4n) is 4.41. The van der Waals surface area contributed by atoms with E-state index in [0.29, 0.717) is 38.8 Å². The summed E-state index contributed by atoms with van der Waals surface area (Å²) in [7, 11) is 0. The predicted octanol–water partition coefficient (Wildman–Crippen LogP) is 3.29. The number of thioether (sulfide) groups is 1. The van der Waals surface area contributed by atoms with Gasteiger partial charge >= 0.3 is 0 Å². The van der Waals surface area contributed by atoms with Crippen molar-refractivity contribution in [3.63, 3.8) is 0 Å². The van der Waals surface area contributed by atoms with E-state index in [2.05, 4.69) is 27.1 Å². The zero-order valence-corrected chi connectivity index (χ0v) is 17.6. The monoisotopic (exact) mass is 422 g/mol. The topological polar surface area (TPSA) is 98.5 Å². The number of hydrogen-bond acceptors (Lipinski definition) is 6. The first-order valence-corrected chi connectivity index (χ1v) is 11.3. The van der Waals surface area contributed by atoms with Crippen LogP contribution in [-0.4, -0.2) is 35.6 Å². The van der Waals surface area contributed by atoms with Gasteiger partial charge in [-0.2, -0.15) is 4.98 Å². The largest absolute Gasteiger partial charge is 0.312 e. The van der Waals surface area contributed by atoms with Gasteiger partial charge in [0.2, 0.25) is 11.1 Å². The number of nitrogens with one attached hydrogen (secondary N) is 1. The van der Waals surface area contributed by atoms with E-state index in [4.69, 9.17) is 0 Å². The van der Waals surface area contributed by atoms with E-state index in [9.17, 15) is 9.59 Å². The van der Waals surface area contributed by atoms with Gasteiger partial charge in [-0.3, -0.25) is 14.2 Å². The lowest BCUT2D eigenvalue weighted by Crippen LogP contribution is -2.30. The molecule has 1 fully saturated rings. The molecule has 5 rings (SSSR count). The molecule has 9 heteroatoms. The lowest BCUT2D eigenvalue weighted by molar-refractivity contribution is 0.253. The summed E-state index contributed by atoms with van der Waals surface area (Å²) in [5.41, 5.74) is 0.788. The highest BCUT2D eigenvalue weighted by molar-refractivity contribution is 7.98. The van der Waals surface area contributed by atoms with E-state index < -0.39 is 0 Å². The molecular weight excluding hydrogens is 400 g/mol. The van der Waals surface area contributed by atoms with E-state index in [-0.39, 0.29) is 17.2 Å². The van der Waals surface area contributed by atoms with Crippen molar-refractivity contribution >= 4 is 33.6 Å². The van der Waals surface area contributed by atoms with Crippen LogP contribution in [0.1, 0.15) is 38.6 Å². The summed E-state index contributed by atoms with van der Waals surface area (Å²) in [5, 5.41) is 8.26. The second-order valence-electron chi connectivity index (χ2n) is 7.85. The Kier molecular flexibility index (Phi) is 4.69. The third-order valence-corrected chi connectivity index (χ3v) is 6.61. The van der Waals surface area contributed by atoms with Gasteiger partial charge < -0.3 is 4.57 Å². The number of aromatic nitrogens is 6. The van der Waals surface area contributed by atoms with Crippen LogP contribution in [0.5, 0.6) is 0 Å². The Morgan fingerprint density at radius 1 is 1.03 bits per heavy atom. The molecule has 8 nitrogen and oxygen atoms in total. The minimum Gasteiger partial charge on any atom is -0.312 e. The van der Waals surface area contributed by atoms with Crippen molar-refractivity contribution in [2.24, 2.45) is 5.92 Å². The van der Waals surface area contributed by atoms with Crippen molar-refractivity contribution in [2.75, 3.05) is 6.26 Å². The van der Waals surface area contributed by atoms with Crippen LogP contribution in [0, 0.1) is 5.92 Å². The van der Waals surface area contributed by atoms with Crippen LogP contribution in [0.15, 0.2) is 45.3 Å². The van der Waals surface area contributed by atoms with Gasteiger partial charge in [0.15, 0.2) is 0 Å². The number of H-pyrrole nitrogens is 1. The van der Waals surface area contributed by atoms with E-state index in [1.807, 2.05) is 23.1 Å². The Morgan fingerprint density at radius 2 is 1.77 bits per heavy atom. The Bertz CT molecular complexity index is 1370. The van der Waals surface area contributed by atoms with E-state index in [0.717, 1.165) is 19.3 Å². The van der Waals surface area contributed by atoms with Crippen molar-refractivity contribution < 1.29 is 0 Å². The summed E-state index contributed by atoms with van der Waals surface area (Å²) < 4.78 is 3.23. The molecule has 1 aliphatic rings. The lowest BCUT2D eigenvalue weighted by Gasteiger charge is -2.30. The molecule has 0 bridgehead atoms. The van der Waals surface area contributed by atoms with Crippen LogP contribution in [0.4, 0.5) is 0 Å². The van der Waals surface area contributed by atoms with Crippen LogP contribution in [0.25, 0.3) is 27.8 Å². The first-order valence-electron chi connectivity index (χ1n) is 10.1. The summed E-state index contributed by atoms with van der Waals surface area (Å²) in [6.45, 7) is 2.21. The number of aromatic amines is 1. The summed E-state index contributed by atoms with van der Waals surface area (Å²) in [6, 6.07) is 5.50. The third kappa shape index (κ3) is 3.04. The molecule has 154 valence electrons. The molecule has 2 atom stereocenters. The van der Waals surface area contributed by atoms with Crippen molar-refractivity contribution in [3.8, 4) is 5.95 Å². The Balaban J connectivity index is 1.69. The minimum atomic E-state index is -0.286. The fourth-order valence-corrected chi connectivity index (χ4v) is 4.73. The van der Waals surface area contributed by atoms with Crippen LogP contribution in [0.3, 0.4) is 0 Å². The van der Waals surface area contributed by atoms with Gasteiger partial charge in [0, 0.05) is 18.4 Å². The molecular formula is C21H22N6O2S. The normalized spacial score (nSPS) is 19.5. The first kappa shape index (κ1) is 19.0. The molecule has 1 saturated carbocycles. The fraction of sp³-hybridized carbons (Fsp3) is 0.381. The number of pyridine rings is 3. The molecule has 4 aromatic heterocycles. The maximum atomic E-state index is 13.3. The highest BCUT2D eigenvalue weighted by atomic mass is 32.2. The maximum absolute atomic E-state index is 13.3. The number of rotatable bonds is 3. The summed E-state index contributed by atoms with van der Waals surface area (Å²) in [4.78, 5) is 35.3. The molecule has 1 aliphatic carbocycles. The third-order valence-electron chi connectivity index (χ3n) is 6.06. The van der Waals surface area contributed by atoms with E-state index >= 15 is 0 Å². The maximum Gasteiger partial charge on any atom is 0.266 e. The molecule has 0 aliphatic heterocycles. The van der Waals surface area contributed by atoms with Gasteiger partial charge in [-0.25, -0.2) is 10.1 Å². The highest BCUT2D eigenvalue weighted by Gasteiger charge is 2.24. The predicted molar refractivity (Wildman–Crippen MR) is 117 cm³/mol. The first-order chi connectivity index (χ1) is 14.6. The molecule has 0 unspecified atom stereocenters. The summed E-state index contributed by atoms with van der Waals surface area (Å²) in [5.74, 6) is 0.796. The average molecular weight is 423 g/mol. The molecule has 0 saturated heterocycles. The van der Waals surface area contributed by atoms with Gasteiger partial charge in [-0.1, -0.05) is 31.5 Å². The summed E-state index contributed by atoms with van der Waals surface area (Å²) >= 11 is 1.39. The van der Waals surface area contributed by atoms with Gasteiger partial charge in [0.05, 0.1) is 21.8 Å². The van der Waals surface area contributed by atoms with Gasteiger partial charge in [-0.05, 0) is 43.2 Å². The molecule has 4 aromatic rings. The smallest absolute Gasteiger partial charge is 0.266 e. The second-order valence-corrected chi connectivity index (χ2v) is 8.62. The van der Waals surface area contributed by atoms with Gasteiger partial charge in [-0.15, -0.1) is 5.10 Å². The molecule has 0 spiro atoms. The Labute approximate surface area is 176 Å². The average Bonchev–Trinajstić information content (AvgIpc) is 3.23. The van der Waals surface area contributed by atoms with Crippen molar-refractivity contribution in [3.05, 3.63) is 51.3 Å². The van der Waals surface area contributed by atoms with E-state index in [1.165, 1.54) is 22.7 Å². The zero-order chi connectivity index (χ0) is 20.8. The SMILES string of the molecule is CSc1n[nH]c(-n2ccc3nc4ccn([C@@H]5CCCC[C@H]5C)c(=O)c4cc3c2=O)n1. The molecule has 0 aromatic carbocycles. The number of hydrogen-bond donors (Lipinski definition) is 1. The van der Waals surface area contributed by atoms with Crippen LogP contribution >= 0.6 is 11.8 Å². The minimum absolute atomic E-state index is 0.0835. The lowest BCUT2D eigenvalue weighted by atomic mass is 9.85. The standard InChI is InChI=1S/C21H22N6O2S/c1-12-5-3-4-6-17(12)26-9-7-15-13(18(26)28)11-14-16(22-15)8-10-27(19(14)29)20-23-21(30-2)25-24-20/h7-12,17H,3-6H2,1-2H3,(H,23,24,25)/t12-,17-/m1/s1. The van der Waals surface area contributed by atoms with E-state index in [1.54, 1.807) is 18.3 Å². The van der Waals surface area contributed by atoms with Crippen LogP contribution in [-0.2, 0) is 0 Å². The van der Waals surface area contributed by atoms with Crippen molar-refractivity contribution in [1.29, 1.82) is 0 Å². The second kappa shape index (κ2) is 7.39. The van der Waals surface area contributed by atoms with Crippen LogP contribution in [0.2, 0.25) is 0 Å². The molecule has 30 heavy (non-hydrogen) atoms. The summed E-state index contributed by atoms with van der Waals surface area (Å²) in [6.07, 6.45) is 9.83. The Hall–Kier alpha value is -2.94. The zero-order valence-electron chi connectivity index (χ0n) is 16.8. The molecule has 0 radical (unpaired) electrons. The number of nitrogens with zero attached hydrogens (tertiary/aromatic N) is 5. The van der Waals surface area contributed by atoms with Gasteiger partial charge in [0.25, 0.3) is 11.1 Å². The molecule has 1 N–H and O–H groups in total. The Morgan fingerprint density at radius 3 is 2.50 bits per heavy atom. The quantitative estimate of drug-likeness (QED) is 0.402. The molecule has 0 amide bonds. The van der Waals surface area contributed by atoms with Crippen molar-refractivity contribution in [1.82, 2.24) is 29.3 Å². The highest BCUT2D eigenvalue weighted by Crippen LogP contribution is 2.32. The van der Waals surface area contributed by atoms with Gasteiger partial charge in [0.1, 0.15) is 0 Å². The number of fused-ring (bicyclic) bond motifs is 2. The molecule has 4 heterocycles.